The van der Waals surface area contributed by atoms with Crippen LogP contribution < -0.4 is 15.4 Å². The van der Waals surface area contributed by atoms with Crippen LogP contribution in [0.2, 0.25) is 10.0 Å². The number of carbonyl (C=O) groups is 1. The average molecular weight is 432 g/mol. The van der Waals surface area contributed by atoms with Crippen LogP contribution in [0.15, 0.2) is 71.4 Å². The van der Waals surface area contributed by atoms with Crippen molar-refractivity contribution in [2.75, 3.05) is 18.5 Å². The van der Waals surface area contributed by atoms with Crippen molar-refractivity contribution in [3.05, 3.63) is 76.9 Å². The molecule has 3 aromatic rings. The molecule has 0 unspecified atom stereocenters. The number of nitrogens with one attached hydrogen (secondary N) is 2. The summed E-state index contributed by atoms with van der Waals surface area (Å²) in [5.41, 5.74) is 1.56. The van der Waals surface area contributed by atoms with Crippen LogP contribution in [0.1, 0.15) is 6.42 Å². The van der Waals surface area contributed by atoms with E-state index in [2.05, 4.69) is 22.4 Å². The number of halogens is 2. The lowest BCUT2D eigenvalue weighted by Crippen LogP contribution is -2.30. The highest BCUT2D eigenvalue weighted by Crippen LogP contribution is 2.24. The maximum Gasteiger partial charge on any atom is 0.257 e. The van der Waals surface area contributed by atoms with E-state index in [4.69, 9.17) is 32.5 Å². The van der Waals surface area contributed by atoms with E-state index in [-0.39, 0.29) is 12.5 Å². The molecule has 8 heteroatoms. The van der Waals surface area contributed by atoms with Crippen molar-refractivity contribution in [2.45, 2.75) is 6.42 Å². The van der Waals surface area contributed by atoms with Crippen molar-refractivity contribution in [2.24, 2.45) is 0 Å². The number of carbonyl (C=O) groups excluding carboxylic acids is 1. The highest BCUT2D eigenvalue weighted by atomic mass is 35.5. The fraction of sp³-hybridized carbons (Fsp3) is 0.143. The van der Waals surface area contributed by atoms with Gasteiger partial charge in [0.1, 0.15) is 5.75 Å². The van der Waals surface area contributed by atoms with Crippen LogP contribution in [-0.2, 0) is 4.79 Å². The van der Waals surface area contributed by atoms with Crippen molar-refractivity contribution in [1.82, 2.24) is 10.5 Å². The molecule has 0 fully saturated rings. The van der Waals surface area contributed by atoms with Crippen LogP contribution >= 0.6 is 23.2 Å². The monoisotopic (exact) mass is 431 g/mol. The fourth-order valence-corrected chi connectivity index (χ4v) is 2.66. The molecular weight excluding hydrogens is 413 g/mol. The Bertz CT molecular complexity index is 970. The molecule has 2 N–H and O–H groups in total. The Morgan fingerprint density at radius 1 is 1.07 bits per heavy atom. The summed E-state index contributed by atoms with van der Waals surface area (Å²) in [6.45, 7) is 4.28. The number of hydrogen-bond acceptors (Lipinski definition) is 5. The summed E-state index contributed by atoms with van der Waals surface area (Å²) in [5.74, 6) is 1.51. The summed E-state index contributed by atoms with van der Waals surface area (Å²) in [6.07, 6.45) is 0.524. The van der Waals surface area contributed by atoms with Gasteiger partial charge in [0.2, 0.25) is 0 Å². The minimum Gasteiger partial charge on any atom is -0.484 e. The van der Waals surface area contributed by atoms with Gasteiger partial charge in [0, 0.05) is 40.3 Å². The van der Waals surface area contributed by atoms with E-state index in [1.54, 1.807) is 42.5 Å². The first kappa shape index (κ1) is 20.8. The third kappa shape index (κ3) is 6.55. The van der Waals surface area contributed by atoms with Crippen molar-refractivity contribution < 1.29 is 14.1 Å². The summed E-state index contributed by atoms with van der Waals surface area (Å²) < 4.78 is 10.7. The molecule has 0 saturated heterocycles. The van der Waals surface area contributed by atoms with Crippen LogP contribution in [0.3, 0.4) is 0 Å². The molecule has 6 nitrogen and oxygen atoms in total. The maximum absolute atomic E-state index is 11.9. The zero-order valence-corrected chi connectivity index (χ0v) is 17.0. The third-order valence-corrected chi connectivity index (χ3v) is 4.38. The zero-order chi connectivity index (χ0) is 20.6. The van der Waals surface area contributed by atoms with Gasteiger partial charge in [-0.3, -0.25) is 4.79 Å². The van der Waals surface area contributed by atoms with Gasteiger partial charge in [0.25, 0.3) is 5.91 Å². The van der Waals surface area contributed by atoms with Gasteiger partial charge in [-0.1, -0.05) is 34.9 Å². The van der Waals surface area contributed by atoms with Gasteiger partial charge in [-0.25, -0.2) is 0 Å². The topological polar surface area (TPSA) is 76.4 Å². The molecule has 0 aliphatic rings. The van der Waals surface area contributed by atoms with Crippen molar-refractivity contribution in [3.63, 3.8) is 0 Å². The van der Waals surface area contributed by atoms with E-state index in [0.29, 0.717) is 46.0 Å². The van der Waals surface area contributed by atoms with Crippen LogP contribution in [0.5, 0.6) is 5.75 Å². The van der Waals surface area contributed by atoms with Crippen LogP contribution in [0, 0.1) is 0 Å². The maximum atomic E-state index is 11.9. The van der Waals surface area contributed by atoms with Gasteiger partial charge in [-0.2, -0.15) is 0 Å². The molecule has 0 spiro atoms. The Morgan fingerprint density at radius 2 is 1.72 bits per heavy atom. The largest absolute Gasteiger partial charge is 0.484 e. The van der Waals surface area contributed by atoms with Crippen molar-refractivity contribution in [1.29, 1.82) is 0 Å². The normalized spacial score (nSPS) is 10.4. The summed E-state index contributed by atoms with van der Waals surface area (Å²) >= 11 is 11.7. The third-order valence-electron chi connectivity index (χ3n) is 3.88. The first-order valence-corrected chi connectivity index (χ1v) is 9.58. The Kier molecular flexibility index (Phi) is 7.16. The highest BCUT2D eigenvalue weighted by molar-refractivity contribution is 6.30. The van der Waals surface area contributed by atoms with Gasteiger partial charge in [-0.15, -0.1) is 0 Å². The average Bonchev–Trinajstić information content (AvgIpc) is 3.16. The van der Waals surface area contributed by atoms with Gasteiger partial charge in [0.05, 0.1) is 0 Å². The van der Waals surface area contributed by atoms with Gasteiger partial charge in [-0.05, 0) is 48.5 Å². The summed E-state index contributed by atoms with van der Waals surface area (Å²) in [5, 5.41) is 11.1. The Hall–Kier alpha value is -2.96. The molecule has 0 radical (unpaired) electrons. The van der Waals surface area contributed by atoms with Gasteiger partial charge in [0.15, 0.2) is 18.2 Å². The van der Waals surface area contributed by atoms with E-state index < -0.39 is 0 Å². The SMILES string of the molecule is C=C(CCNC(=O)COc1ccc(Cl)cc1)Nc1cc(-c2ccc(Cl)cc2)on1. The quantitative estimate of drug-likeness (QED) is 0.489. The van der Waals surface area contributed by atoms with E-state index in [0.717, 1.165) is 5.56 Å². The first-order chi connectivity index (χ1) is 14.0. The lowest BCUT2D eigenvalue weighted by molar-refractivity contribution is -0.123. The molecular formula is C21H19Cl2N3O3. The number of nitrogens with zero attached hydrogens (tertiary/aromatic N) is 1. The second-order valence-electron chi connectivity index (χ2n) is 6.15. The molecule has 0 aliphatic heterocycles. The highest BCUT2D eigenvalue weighted by Gasteiger charge is 2.08. The van der Waals surface area contributed by atoms with Crippen LogP contribution in [-0.4, -0.2) is 24.2 Å². The molecule has 0 bridgehead atoms. The second-order valence-corrected chi connectivity index (χ2v) is 7.03. The smallest absolute Gasteiger partial charge is 0.257 e. The molecule has 29 heavy (non-hydrogen) atoms. The molecule has 1 heterocycles. The molecule has 1 aromatic heterocycles. The van der Waals surface area contributed by atoms with Crippen molar-refractivity contribution >= 4 is 34.9 Å². The number of benzene rings is 2. The standard InChI is InChI=1S/C21H19Cl2N3O3/c1-14(10-11-24-21(27)13-28-18-8-6-17(23)7-9-18)25-20-12-19(29-26-20)15-2-4-16(22)5-3-15/h2-9,12H,1,10-11,13H2,(H,24,27)(H,25,26). The lowest BCUT2D eigenvalue weighted by Gasteiger charge is -2.09. The molecule has 0 aliphatic carbocycles. The molecule has 3 rings (SSSR count). The lowest BCUT2D eigenvalue weighted by atomic mass is 10.2. The van der Waals surface area contributed by atoms with Crippen LogP contribution in [0.25, 0.3) is 11.3 Å². The van der Waals surface area contributed by atoms with E-state index in [9.17, 15) is 4.79 Å². The molecule has 0 saturated carbocycles. The minimum atomic E-state index is -0.223. The number of anilines is 1. The summed E-state index contributed by atoms with van der Waals surface area (Å²) in [7, 11) is 0. The predicted molar refractivity (Wildman–Crippen MR) is 114 cm³/mol. The van der Waals surface area contributed by atoms with Gasteiger partial charge < -0.3 is 19.9 Å². The minimum absolute atomic E-state index is 0.0741. The van der Waals surface area contributed by atoms with E-state index in [1.807, 2.05) is 12.1 Å². The Balaban J connectivity index is 1.38. The first-order valence-electron chi connectivity index (χ1n) is 8.82. The fourth-order valence-electron chi connectivity index (χ4n) is 2.41. The zero-order valence-electron chi connectivity index (χ0n) is 15.5. The molecule has 2 aromatic carbocycles. The Labute approximate surface area is 178 Å². The van der Waals surface area contributed by atoms with E-state index >= 15 is 0 Å². The number of aromatic nitrogens is 1. The number of hydrogen-bond donors (Lipinski definition) is 2. The van der Waals surface area contributed by atoms with E-state index in [1.165, 1.54) is 0 Å². The number of amides is 1. The molecule has 0 atom stereocenters. The number of rotatable bonds is 9. The van der Waals surface area contributed by atoms with Gasteiger partial charge >= 0.3 is 0 Å². The predicted octanol–water partition coefficient (Wildman–Crippen LogP) is 5.16. The molecule has 1 amide bonds. The summed E-state index contributed by atoms with van der Waals surface area (Å²) in [4.78, 5) is 11.9. The van der Waals surface area contributed by atoms with Crippen LogP contribution in [0.4, 0.5) is 5.82 Å². The summed E-state index contributed by atoms with van der Waals surface area (Å²) in [6, 6.07) is 15.9. The molecule has 150 valence electrons. The Morgan fingerprint density at radius 3 is 2.41 bits per heavy atom. The number of ether oxygens (including phenoxy) is 1. The second kappa shape index (κ2) is 10.0. The van der Waals surface area contributed by atoms with Crippen molar-refractivity contribution in [3.8, 4) is 17.1 Å².